The monoisotopic (exact) mass is 511 g/mol. The largest absolute Gasteiger partial charge is 0.353 e. The number of nitrogens with one attached hydrogen (secondary N) is 1. The molecule has 5 rings (SSSR count). The van der Waals surface area contributed by atoms with Crippen LogP contribution in [0.4, 0.5) is 0 Å². The molecule has 1 aromatic rings. The summed E-state index contributed by atoms with van der Waals surface area (Å²) < 4.78 is 0. The number of likely N-dealkylation sites (N-methyl/N-ethyl adjacent to an activating group) is 1. The molecule has 1 unspecified atom stereocenters. The summed E-state index contributed by atoms with van der Waals surface area (Å²) in [4.78, 5) is 22.3. The number of benzene rings is 1. The Bertz CT molecular complexity index is 976. The number of rotatable bonds is 6. The molecule has 0 aromatic heterocycles. The van der Waals surface area contributed by atoms with Gasteiger partial charge in [0.1, 0.15) is 0 Å². The van der Waals surface area contributed by atoms with Gasteiger partial charge in [0.2, 0.25) is 5.91 Å². The molecule has 4 aliphatic rings. The predicted octanol–water partition coefficient (Wildman–Crippen LogP) is 2.73. The van der Waals surface area contributed by atoms with Gasteiger partial charge in [0.05, 0.1) is 11.9 Å². The van der Waals surface area contributed by atoms with Gasteiger partial charge in [-0.25, -0.2) is 5.01 Å². The van der Waals surface area contributed by atoms with Crippen LogP contribution in [-0.2, 0) is 4.79 Å². The molecule has 1 amide bonds. The summed E-state index contributed by atoms with van der Waals surface area (Å²) in [5.41, 5.74) is 3.79. The summed E-state index contributed by atoms with van der Waals surface area (Å²) >= 11 is 1.77. The fourth-order valence-corrected chi connectivity index (χ4v) is 6.35. The van der Waals surface area contributed by atoms with Gasteiger partial charge in [0.15, 0.2) is 10.7 Å². The third-order valence-electron chi connectivity index (χ3n) is 7.75. The normalized spacial score (nSPS) is 23.3. The highest BCUT2D eigenvalue weighted by Crippen LogP contribution is 2.35. The number of hydrogen-bond donors (Lipinski definition) is 1. The third-order valence-corrected chi connectivity index (χ3v) is 8.86. The van der Waals surface area contributed by atoms with Gasteiger partial charge in [-0.05, 0) is 55.7 Å². The molecule has 0 bridgehead atoms. The van der Waals surface area contributed by atoms with E-state index in [-0.39, 0.29) is 11.4 Å². The van der Waals surface area contributed by atoms with Gasteiger partial charge in [-0.15, -0.1) is 5.10 Å². The minimum Gasteiger partial charge on any atom is -0.353 e. The number of hydrazone groups is 1. The Balaban J connectivity index is 1.09. The smallest absolute Gasteiger partial charge is 0.225 e. The number of piperazine rings is 1. The van der Waals surface area contributed by atoms with E-state index in [2.05, 4.69) is 83.3 Å². The number of likely N-dealkylation sites (tertiary alicyclic amines) is 1. The first-order valence-corrected chi connectivity index (χ1v) is 14.3. The number of thioether (sulfide) groups is 1. The fraction of sp³-hybridized carbons (Fsp3) is 0.630. The summed E-state index contributed by atoms with van der Waals surface area (Å²) in [5.74, 6) is 1.05. The Hall–Kier alpha value is -2.23. The molecule has 0 saturated carbocycles. The molecule has 196 valence electrons. The van der Waals surface area contributed by atoms with Crippen LogP contribution < -0.4 is 5.32 Å². The predicted molar refractivity (Wildman–Crippen MR) is 148 cm³/mol. The van der Waals surface area contributed by atoms with Crippen molar-refractivity contribution in [3.8, 4) is 0 Å². The first-order valence-electron chi connectivity index (χ1n) is 13.4. The molecule has 36 heavy (non-hydrogen) atoms. The lowest BCUT2D eigenvalue weighted by Gasteiger charge is -2.39. The topological polar surface area (TPSA) is 57.7 Å². The maximum Gasteiger partial charge on any atom is 0.225 e. The highest BCUT2D eigenvalue weighted by molar-refractivity contribution is 8.14. The van der Waals surface area contributed by atoms with Gasteiger partial charge in [0, 0.05) is 58.3 Å². The average molecular weight is 512 g/mol. The molecule has 1 N–H and O–H groups in total. The van der Waals surface area contributed by atoms with E-state index in [4.69, 9.17) is 5.10 Å². The summed E-state index contributed by atoms with van der Waals surface area (Å²) in [7, 11) is 4.23. The summed E-state index contributed by atoms with van der Waals surface area (Å²) in [6, 6.07) is 8.81. The molecule has 2 fully saturated rings. The van der Waals surface area contributed by atoms with E-state index < -0.39 is 0 Å². The van der Waals surface area contributed by atoms with Gasteiger partial charge in [-0.2, -0.15) is 0 Å². The Morgan fingerprint density at radius 2 is 1.78 bits per heavy atom. The standard InChI is InChI=1S/C27H41N7OS/c1-20(2)21-5-7-22(8-6-21)24-19-34-26(28-24)36-27(29-34)33-11-9-23(10-12-33)25(35)32-17-15-31(16-18-32)14-13-30(3)4/h5-8,19-20,23,26,28H,9-18H2,1-4H3. The van der Waals surface area contributed by atoms with Crippen LogP contribution >= 0.6 is 11.8 Å². The lowest BCUT2D eigenvalue weighted by Crippen LogP contribution is -2.52. The Morgan fingerprint density at radius 3 is 2.39 bits per heavy atom. The van der Waals surface area contributed by atoms with E-state index in [0.717, 1.165) is 76.1 Å². The maximum atomic E-state index is 13.2. The van der Waals surface area contributed by atoms with Gasteiger partial charge in [-0.3, -0.25) is 9.69 Å². The molecule has 1 aromatic carbocycles. The summed E-state index contributed by atoms with van der Waals surface area (Å²) in [6.07, 6.45) is 3.95. The minimum atomic E-state index is 0.114. The Morgan fingerprint density at radius 1 is 1.08 bits per heavy atom. The highest BCUT2D eigenvalue weighted by atomic mass is 32.2. The quantitative estimate of drug-likeness (QED) is 0.630. The molecule has 0 spiro atoms. The number of fused-ring (bicyclic) bond motifs is 1. The zero-order chi connectivity index (χ0) is 25.2. The van der Waals surface area contributed by atoms with Crippen molar-refractivity contribution in [2.24, 2.45) is 11.0 Å². The van der Waals surface area contributed by atoms with Crippen LogP contribution in [-0.4, -0.2) is 108 Å². The number of carbonyl (C=O) groups excluding carboxylic acids is 1. The SMILES string of the molecule is CC(C)c1ccc(C2=CN3N=C(N4CCC(C(=O)N5CCN(CCN(C)C)CC5)CC4)SC3N2)cc1. The number of amides is 1. The third kappa shape index (κ3) is 5.68. The molecule has 9 heteroatoms. The van der Waals surface area contributed by atoms with E-state index in [1.807, 2.05) is 5.01 Å². The van der Waals surface area contributed by atoms with Crippen molar-refractivity contribution in [1.29, 1.82) is 0 Å². The molecular formula is C27H41N7OS. The molecule has 4 heterocycles. The molecule has 8 nitrogen and oxygen atoms in total. The van der Waals surface area contributed by atoms with Gasteiger partial charge in [-0.1, -0.05) is 38.1 Å². The molecule has 0 radical (unpaired) electrons. The van der Waals surface area contributed by atoms with E-state index in [1.54, 1.807) is 11.8 Å². The number of carbonyl (C=O) groups is 1. The van der Waals surface area contributed by atoms with E-state index in [1.165, 1.54) is 11.1 Å². The average Bonchev–Trinajstić information content (AvgIpc) is 3.47. The van der Waals surface area contributed by atoms with Crippen molar-refractivity contribution < 1.29 is 4.79 Å². The summed E-state index contributed by atoms with van der Waals surface area (Å²) in [6.45, 7) is 12.1. The second-order valence-corrected chi connectivity index (χ2v) is 12.0. The van der Waals surface area contributed by atoms with Crippen molar-refractivity contribution in [2.45, 2.75) is 38.1 Å². The summed E-state index contributed by atoms with van der Waals surface area (Å²) in [5, 5.41) is 11.6. The van der Waals surface area contributed by atoms with E-state index in [0.29, 0.717) is 11.8 Å². The van der Waals surface area contributed by atoms with E-state index >= 15 is 0 Å². The minimum absolute atomic E-state index is 0.114. The van der Waals surface area contributed by atoms with Gasteiger partial charge >= 0.3 is 0 Å². The van der Waals surface area contributed by atoms with Gasteiger partial charge < -0.3 is 20.0 Å². The van der Waals surface area contributed by atoms with Crippen LogP contribution in [0.1, 0.15) is 43.7 Å². The second-order valence-electron chi connectivity index (χ2n) is 10.9. The van der Waals surface area contributed by atoms with Crippen molar-refractivity contribution in [2.75, 3.05) is 66.5 Å². The van der Waals surface area contributed by atoms with Crippen molar-refractivity contribution >= 4 is 28.5 Å². The van der Waals surface area contributed by atoms with Crippen LogP contribution in [0.3, 0.4) is 0 Å². The number of piperidine rings is 1. The molecule has 4 aliphatic heterocycles. The van der Waals surface area contributed by atoms with Crippen molar-refractivity contribution in [3.05, 3.63) is 41.6 Å². The lowest BCUT2D eigenvalue weighted by atomic mass is 9.95. The Labute approximate surface area is 220 Å². The highest BCUT2D eigenvalue weighted by Gasteiger charge is 2.37. The van der Waals surface area contributed by atoms with Crippen LogP contribution in [0.2, 0.25) is 0 Å². The van der Waals surface area contributed by atoms with Crippen LogP contribution in [0, 0.1) is 5.92 Å². The first-order chi connectivity index (χ1) is 17.4. The van der Waals surface area contributed by atoms with Gasteiger partial charge in [0.25, 0.3) is 0 Å². The molecule has 2 saturated heterocycles. The van der Waals surface area contributed by atoms with Crippen molar-refractivity contribution in [1.82, 2.24) is 29.9 Å². The van der Waals surface area contributed by atoms with Crippen LogP contribution in [0.15, 0.2) is 35.6 Å². The van der Waals surface area contributed by atoms with Crippen molar-refractivity contribution in [3.63, 3.8) is 0 Å². The Kier molecular flexibility index (Phi) is 7.79. The maximum absolute atomic E-state index is 13.2. The molecule has 1 atom stereocenters. The fourth-order valence-electron chi connectivity index (χ4n) is 5.28. The van der Waals surface area contributed by atoms with Crippen LogP contribution in [0.25, 0.3) is 5.70 Å². The number of nitrogens with zero attached hydrogens (tertiary/aromatic N) is 6. The lowest BCUT2D eigenvalue weighted by molar-refractivity contribution is -0.138. The zero-order valence-electron chi connectivity index (χ0n) is 22.2. The molecular weight excluding hydrogens is 470 g/mol. The molecule has 0 aliphatic carbocycles. The van der Waals surface area contributed by atoms with E-state index in [9.17, 15) is 4.79 Å². The number of amidine groups is 1. The second kappa shape index (κ2) is 11.0. The zero-order valence-corrected chi connectivity index (χ0v) is 23.0. The number of hydrogen-bond acceptors (Lipinski definition) is 8. The van der Waals surface area contributed by atoms with Crippen LogP contribution in [0.5, 0.6) is 0 Å². The first kappa shape index (κ1) is 25.4.